The van der Waals surface area contributed by atoms with Crippen molar-refractivity contribution in [1.29, 1.82) is 0 Å². The van der Waals surface area contributed by atoms with Crippen LogP contribution in [0.4, 0.5) is 0 Å². The fourth-order valence-corrected chi connectivity index (χ4v) is 1.20. The molecular formula is C9H17N3O. The lowest BCUT2D eigenvalue weighted by atomic mass is 10.3. The number of hydrogen-bond acceptors (Lipinski definition) is 3. The SMILES string of the molecule is CCOCCn1cncc1[C@@H](C)N. The number of nitrogens with two attached hydrogens (primary N) is 1. The summed E-state index contributed by atoms with van der Waals surface area (Å²) in [4.78, 5) is 4.05. The van der Waals surface area contributed by atoms with Crippen molar-refractivity contribution >= 4 is 0 Å². The highest BCUT2D eigenvalue weighted by Crippen LogP contribution is 2.07. The quantitative estimate of drug-likeness (QED) is 0.691. The molecule has 74 valence electrons. The summed E-state index contributed by atoms with van der Waals surface area (Å²) in [5.74, 6) is 0. The van der Waals surface area contributed by atoms with Crippen molar-refractivity contribution in [3.63, 3.8) is 0 Å². The van der Waals surface area contributed by atoms with Crippen LogP contribution in [-0.4, -0.2) is 22.8 Å². The smallest absolute Gasteiger partial charge is 0.0949 e. The van der Waals surface area contributed by atoms with Crippen LogP contribution in [0.15, 0.2) is 12.5 Å². The summed E-state index contributed by atoms with van der Waals surface area (Å²) in [6.45, 7) is 6.23. The molecule has 0 aliphatic carbocycles. The van der Waals surface area contributed by atoms with E-state index in [0.717, 1.165) is 18.8 Å². The van der Waals surface area contributed by atoms with Crippen LogP contribution in [0, 0.1) is 0 Å². The normalized spacial score (nSPS) is 13.2. The molecule has 1 atom stereocenters. The van der Waals surface area contributed by atoms with Gasteiger partial charge in [-0.1, -0.05) is 0 Å². The molecule has 0 aliphatic heterocycles. The first-order chi connectivity index (χ1) is 6.25. The van der Waals surface area contributed by atoms with Crippen LogP contribution in [0.3, 0.4) is 0 Å². The maximum Gasteiger partial charge on any atom is 0.0949 e. The molecule has 1 aromatic heterocycles. The second-order valence-electron chi connectivity index (χ2n) is 3.00. The standard InChI is InChI=1S/C9H17N3O/c1-3-13-5-4-12-7-11-6-9(12)8(2)10/h6-8H,3-5,10H2,1-2H3/t8-/m1/s1. The Kier molecular flexibility index (Phi) is 3.92. The van der Waals surface area contributed by atoms with Crippen LogP contribution in [0.1, 0.15) is 25.6 Å². The number of ether oxygens (including phenoxy) is 1. The van der Waals surface area contributed by atoms with E-state index in [1.54, 1.807) is 12.5 Å². The predicted octanol–water partition coefficient (Wildman–Crippen LogP) is 0.939. The summed E-state index contributed by atoms with van der Waals surface area (Å²) in [6.07, 6.45) is 3.59. The van der Waals surface area contributed by atoms with Gasteiger partial charge in [0.15, 0.2) is 0 Å². The molecule has 0 spiro atoms. The van der Waals surface area contributed by atoms with Gasteiger partial charge in [-0.25, -0.2) is 4.98 Å². The maximum atomic E-state index is 5.76. The number of nitrogens with zero attached hydrogens (tertiary/aromatic N) is 2. The Bertz CT molecular complexity index is 245. The van der Waals surface area contributed by atoms with Gasteiger partial charge < -0.3 is 15.0 Å². The highest BCUT2D eigenvalue weighted by Gasteiger charge is 2.05. The Balaban J connectivity index is 2.50. The lowest BCUT2D eigenvalue weighted by molar-refractivity contribution is 0.138. The monoisotopic (exact) mass is 183 g/mol. The number of aromatic nitrogens is 2. The minimum Gasteiger partial charge on any atom is -0.380 e. The van der Waals surface area contributed by atoms with Crippen molar-refractivity contribution < 1.29 is 4.74 Å². The topological polar surface area (TPSA) is 53.1 Å². The van der Waals surface area contributed by atoms with E-state index in [4.69, 9.17) is 10.5 Å². The van der Waals surface area contributed by atoms with E-state index in [2.05, 4.69) is 4.98 Å². The van der Waals surface area contributed by atoms with Crippen molar-refractivity contribution in [3.8, 4) is 0 Å². The fraction of sp³-hybridized carbons (Fsp3) is 0.667. The van der Waals surface area contributed by atoms with Crippen LogP contribution in [0.2, 0.25) is 0 Å². The lowest BCUT2D eigenvalue weighted by Gasteiger charge is -2.10. The molecule has 0 saturated carbocycles. The van der Waals surface area contributed by atoms with E-state index in [0.29, 0.717) is 6.61 Å². The van der Waals surface area contributed by atoms with Crippen LogP contribution in [0.25, 0.3) is 0 Å². The first-order valence-electron chi connectivity index (χ1n) is 4.59. The van der Waals surface area contributed by atoms with Gasteiger partial charge >= 0.3 is 0 Å². The lowest BCUT2D eigenvalue weighted by Crippen LogP contribution is -2.14. The molecule has 13 heavy (non-hydrogen) atoms. The molecular weight excluding hydrogens is 166 g/mol. The van der Waals surface area contributed by atoms with E-state index in [1.807, 2.05) is 18.4 Å². The van der Waals surface area contributed by atoms with Gasteiger partial charge in [-0.2, -0.15) is 0 Å². The van der Waals surface area contributed by atoms with Crippen molar-refractivity contribution in [2.24, 2.45) is 5.73 Å². The molecule has 0 bridgehead atoms. The third-order valence-electron chi connectivity index (χ3n) is 1.89. The van der Waals surface area contributed by atoms with Crippen molar-refractivity contribution in [1.82, 2.24) is 9.55 Å². The largest absolute Gasteiger partial charge is 0.380 e. The Morgan fingerprint density at radius 2 is 2.46 bits per heavy atom. The van der Waals surface area contributed by atoms with Crippen LogP contribution < -0.4 is 5.73 Å². The predicted molar refractivity (Wildman–Crippen MR) is 51.3 cm³/mol. The molecule has 1 heterocycles. The highest BCUT2D eigenvalue weighted by molar-refractivity contribution is 5.02. The molecule has 0 unspecified atom stereocenters. The van der Waals surface area contributed by atoms with Gasteiger partial charge in [0.05, 0.1) is 18.6 Å². The van der Waals surface area contributed by atoms with E-state index < -0.39 is 0 Å². The molecule has 2 N–H and O–H groups in total. The zero-order valence-corrected chi connectivity index (χ0v) is 8.23. The van der Waals surface area contributed by atoms with Gasteiger partial charge in [-0.05, 0) is 13.8 Å². The molecule has 0 fully saturated rings. The van der Waals surface area contributed by atoms with E-state index in [1.165, 1.54) is 0 Å². The molecule has 0 saturated heterocycles. The minimum atomic E-state index is 0.0316. The molecule has 1 aromatic rings. The molecule has 4 heteroatoms. The first-order valence-corrected chi connectivity index (χ1v) is 4.59. The third-order valence-corrected chi connectivity index (χ3v) is 1.89. The first kappa shape index (κ1) is 10.2. The second-order valence-corrected chi connectivity index (χ2v) is 3.00. The summed E-state index contributed by atoms with van der Waals surface area (Å²) < 4.78 is 7.28. The van der Waals surface area contributed by atoms with Gasteiger partial charge in [-0.15, -0.1) is 0 Å². The Hall–Kier alpha value is -0.870. The zero-order valence-electron chi connectivity index (χ0n) is 8.23. The third kappa shape index (κ3) is 2.82. The number of imidazole rings is 1. The van der Waals surface area contributed by atoms with E-state index in [9.17, 15) is 0 Å². The summed E-state index contributed by atoms with van der Waals surface area (Å²) in [6, 6.07) is 0.0316. The maximum absolute atomic E-state index is 5.76. The summed E-state index contributed by atoms with van der Waals surface area (Å²) in [5, 5.41) is 0. The van der Waals surface area contributed by atoms with Gasteiger partial charge in [0.25, 0.3) is 0 Å². The second kappa shape index (κ2) is 4.99. The zero-order chi connectivity index (χ0) is 9.68. The Labute approximate surface area is 78.7 Å². The van der Waals surface area contributed by atoms with E-state index in [-0.39, 0.29) is 6.04 Å². The summed E-state index contributed by atoms with van der Waals surface area (Å²) in [5.41, 5.74) is 6.82. The van der Waals surface area contributed by atoms with Crippen molar-refractivity contribution in [2.45, 2.75) is 26.4 Å². The van der Waals surface area contributed by atoms with Gasteiger partial charge in [0.2, 0.25) is 0 Å². The fourth-order valence-electron chi connectivity index (χ4n) is 1.20. The average molecular weight is 183 g/mol. The summed E-state index contributed by atoms with van der Waals surface area (Å²) >= 11 is 0. The van der Waals surface area contributed by atoms with Crippen LogP contribution >= 0.6 is 0 Å². The number of hydrogen-bond donors (Lipinski definition) is 1. The molecule has 4 nitrogen and oxygen atoms in total. The van der Waals surface area contributed by atoms with Crippen molar-refractivity contribution in [3.05, 3.63) is 18.2 Å². The van der Waals surface area contributed by atoms with Gasteiger partial charge in [0, 0.05) is 25.4 Å². The molecule has 0 aliphatic rings. The average Bonchev–Trinajstić information content (AvgIpc) is 2.53. The van der Waals surface area contributed by atoms with Crippen LogP contribution in [0.5, 0.6) is 0 Å². The highest BCUT2D eigenvalue weighted by atomic mass is 16.5. The Morgan fingerprint density at radius 3 is 3.08 bits per heavy atom. The Morgan fingerprint density at radius 1 is 1.69 bits per heavy atom. The van der Waals surface area contributed by atoms with E-state index >= 15 is 0 Å². The minimum absolute atomic E-state index is 0.0316. The summed E-state index contributed by atoms with van der Waals surface area (Å²) in [7, 11) is 0. The van der Waals surface area contributed by atoms with Crippen molar-refractivity contribution in [2.75, 3.05) is 13.2 Å². The van der Waals surface area contributed by atoms with Gasteiger partial charge in [0.1, 0.15) is 0 Å². The molecule has 0 amide bonds. The molecule has 1 rings (SSSR count). The van der Waals surface area contributed by atoms with Crippen LogP contribution in [-0.2, 0) is 11.3 Å². The molecule has 0 aromatic carbocycles. The molecule has 0 radical (unpaired) electrons. The number of rotatable bonds is 5. The van der Waals surface area contributed by atoms with Gasteiger partial charge in [-0.3, -0.25) is 0 Å².